The maximum Gasteiger partial charge on any atom is 0.237 e. The van der Waals surface area contributed by atoms with Gasteiger partial charge in [-0.15, -0.1) is 23.7 Å². The third-order valence-corrected chi connectivity index (χ3v) is 3.96. The van der Waals surface area contributed by atoms with Crippen LogP contribution in [0, 0.1) is 5.92 Å². The molecule has 1 amide bonds. The highest BCUT2D eigenvalue weighted by molar-refractivity contribution is 7.10. The number of rotatable bonds is 6. The van der Waals surface area contributed by atoms with E-state index in [1.54, 1.807) is 11.3 Å². The van der Waals surface area contributed by atoms with Gasteiger partial charge in [0.25, 0.3) is 0 Å². The standard InChI is InChI=1S/C13H23N3OS.ClH/c1-9(2)12(14)13(17)15-8-10(16(3)4)11-6-5-7-18-11;/h5-7,9-10,12H,8,14H2,1-4H3,(H,15,17);1H/t10?,12-;/m0./s1. The molecule has 0 saturated carbocycles. The fourth-order valence-corrected chi connectivity index (χ4v) is 2.56. The number of hydrogen-bond donors (Lipinski definition) is 2. The lowest BCUT2D eigenvalue weighted by Crippen LogP contribution is -2.46. The summed E-state index contributed by atoms with van der Waals surface area (Å²) in [5, 5.41) is 4.98. The maximum atomic E-state index is 11.8. The van der Waals surface area contributed by atoms with E-state index in [9.17, 15) is 4.79 Å². The lowest BCUT2D eigenvalue weighted by molar-refractivity contribution is -0.123. The van der Waals surface area contributed by atoms with Crippen LogP contribution in [0.25, 0.3) is 0 Å². The first kappa shape index (κ1) is 18.4. The Kier molecular flexibility index (Phi) is 8.25. The number of thiophene rings is 1. The topological polar surface area (TPSA) is 58.4 Å². The van der Waals surface area contributed by atoms with Gasteiger partial charge in [0.05, 0.1) is 12.1 Å². The van der Waals surface area contributed by atoms with Crippen LogP contribution in [0.5, 0.6) is 0 Å². The molecule has 19 heavy (non-hydrogen) atoms. The van der Waals surface area contributed by atoms with Crippen molar-refractivity contribution in [1.29, 1.82) is 0 Å². The van der Waals surface area contributed by atoms with E-state index in [-0.39, 0.29) is 30.3 Å². The molecule has 6 heteroatoms. The molecular weight excluding hydrogens is 282 g/mol. The van der Waals surface area contributed by atoms with Crippen LogP contribution in [0.1, 0.15) is 24.8 Å². The molecule has 1 heterocycles. The molecular formula is C13H24ClN3OS. The first-order chi connectivity index (χ1) is 8.43. The van der Waals surface area contributed by atoms with E-state index in [2.05, 4.69) is 16.3 Å². The second-order valence-corrected chi connectivity index (χ2v) is 5.99. The van der Waals surface area contributed by atoms with Crippen LogP contribution < -0.4 is 11.1 Å². The second kappa shape index (κ2) is 8.53. The molecule has 0 aliphatic rings. The van der Waals surface area contributed by atoms with Crippen LogP contribution in [0.3, 0.4) is 0 Å². The van der Waals surface area contributed by atoms with Crippen LogP contribution in [0.2, 0.25) is 0 Å². The smallest absolute Gasteiger partial charge is 0.237 e. The summed E-state index contributed by atoms with van der Waals surface area (Å²) in [4.78, 5) is 15.2. The largest absolute Gasteiger partial charge is 0.353 e. The van der Waals surface area contributed by atoms with E-state index in [4.69, 9.17) is 5.73 Å². The van der Waals surface area contributed by atoms with Gasteiger partial charge in [-0.3, -0.25) is 4.79 Å². The Hall–Kier alpha value is -0.620. The van der Waals surface area contributed by atoms with Gasteiger partial charge in [0.15, 0.2) is 0 Å². The zero-order chi connectivity index (χ0) is 13.7. The van der Waals surface area contributed by atoms with Gasteiger partial charge in [0.1, 0.15) is 0 Å². The molecule has 1 aromatic heterocycles. The van der Waals surface area contributed by atoms with Crippen LogP contribution in [0.15, 0.2) is 17.5 Å². The molecule has 0 aliphatic carbocycles. The number of nitrogens with two attached hydrogens (primary N) is 1. The lowest BCUT2D eigenvalue weighted by atomic mass is 10.0. The number of likely N-dealkylation sites (N-methyl/N-ethyl adjacent to an activating group) is 1. The Bertz CT molecular complexity index is 368. The van der Waals surface area contributed by atoms with E-state index < -0.39 is 6.04 Å². The number of nitrogens with zero attached hydrogens (tertiary/aromatic N) is 1. The molecule has 0 saturated heterocycles. The summed E-state index contributed by atoms with van der Waals surface area (Å²) in [6.45, 7) is 4.49. The molecule has 4 nitrogen and oxygen atoms in total. The zero-order valence-electron chi connectivity index (χ0n) is 11.9. The molecule has 0 radical (unpaired) electrons. The van der Waals surface area contributed by atoms with Gasteiger partial charge >= 0.3 is 0 Å². The van der Waals surface area contributed by atoms with E-state index in [1.165, 1.54) is 4.88 Å². The van der Waals surface area contributed by atoms with Crippen molar-refractivity contribution in [2.24, 2.45) is 11.7 Å². The molecule has 0 fully saturated rings. The Morgan fingerprint density at radius 2 is 2.11 bits per heavy atom. The predicted octanol–water partition coefficient (Wildman–Crippen LogP) is 1.87. The fourth-order valence-electron chi connectivity index (χ4n) is 1.64. The molecule has 0 aliphatic heterocycles. The van der Waals surface area contributed by atoms with E-state index in [0.717, 1.165) is 0 Å². The molecule has 2 atom stereocenters. The third kappa shape index (κ3) is 5.48. The minimum atomic E-state index is -0.434. The summed E-state index contributed by atoms with van der Waals surface area (Å²) in [6, 6.07) is 3.88. The van der Waals surface area contributed by atoms with Gasteiger partial charge in [0.2, 0.25) is 5.91 Å². The molecule has 0 aromatic carbocycles. The van der Waals surface area contributed by atoms with Crippen molar-refractivity contribution < 1.29 is 4.79 Å². The van der Waals surface area contributed by atoms with Gasteiger partial charge in [-0.1, -0.05) is 19.9 Å². The van der Waals surface area contributed by atoms with E-state index >= 15 is 0 Å². The number of carbonyl (C=O) groups excluding carboxylic acids is 1. The highest BCUT2D eigenvalue weighted by Gasteiger charge is 2.20. The minimum absolute atomic E-state index is 0. The average molecular weight is 306 g/mol. The van der Waals surface area contributed by atoms with Crippen molar-refractivity contribution in [2.75, 3.05) is 20.6 Å². The Labute approximate surface area is 125 Å². The number of halogens is 1. The van der Waals surface area contributed by atoms with Gasteiger partial charge in [0, 0.05) is 11.4 Å². The van der Waals surface area contributed by atoms with Crippen LogP contribution in [0.4, 0.5) is 0 Å². The molecule has 1 unspecified atom stereocenters. The Morgan fingerprint density at radius 3 is 2.53 bits per heavy atom. The van der Waals surface area contributed by atoms with Crippen molar-refractivity contribution in [2.45, 2.75) is 25.9 Å². The summed E-state index contributed by atoms with van der Waals surface area (Å²) >= 11 is 1.70. The molecule has 1 rings (SSSR count). The quantitative estimate of drug-likeness (QED) is 0.843. The Balaban J connectivity index is 0.00000324. The first-order valence-corrected chi connectivity index (χ1v) is 7.04. The Morgan fingerprint density at radius 1 is 1.47 bits per heavy atom. The lowest BCUT2D eigenvalue weighted by Gasteiger charge is -2.25. The predicted molar refractivity (Wildman–Crippen MR) is 83.8 cm³/mol. The summed E-state index contributed by atoms with van der Waals surface area (Å²) in [5.41, 5.74) is 5.82. The summed E-state index contributed by atoms with van der Waals surface area (Å²) < 4.78 is 0. The SMILES string of the molecule is CC(C)[C@H](N)C(=O)NCC(c1cccs1)N(C)C.Cl. The van der Waals surface area contributed by atoms with Crippen molar-refractivity contribution in [3.8, 4) is 0 Å². The molecule has 0 bridgehead atoms. The van der Waals surface area contributed by atoms with Gasteiger partial charge < -0.3 is 16.0 Å². The van der Waals surface area contributed by atoms with Gasteiger partial charge in [-0.25, -0.2) is 0 Å². The van der Waals surface area contributed by atoms with Crippen molar-refractivity contribution >= 4 is 29.7 Å². The molecule has 3 N–H and O–H groups in total. The number of amides is 1. The van der Waals surface area contributed by atoms with Crippen LogP contribution in [-0.4, -0.2) is 37.5 Å². The van der Waals surface area contributed by atoms with Crippen molar-refractivity contribution in [3.05, 3.63) is 22.4 Å². The normalized spacial score (nSPS) is 14.1. The molecule has 1 aromatic rings. The summed E-state index contributed by atoms with van der Waals surface area (Å²) in [7, 11) is 4.03. The van der Waals surface area contributed by atoms with Crippen molar-refractivity contribution in [1.82, 2.24) is 10.2 Å². The molecule has 110 valence electrons. The summed E-state index contributed by atoms with van der Waals surface area (Å²) in [5.74, 6) is 0.0814. The van der Waals surface area contributed by atoms with Gasteiger partial charge in [-0.05, 0) is 31.5 Å². The summed E-state index contributed by atoms with van der Waals surface area (Å²) in [6.07, 6.45) is 0. The second-order valence-electron chi connectivity index (χ2n) is 5.01. The fraction of sp³-hybridized carbons (Fsp3) is 0.615. The van der Waals surface area contributed by atoms with Crippen LogP contribution in [-0.2, 0) is 4.79 Å². The zero-order valence-corrected chi connectivity index (χ0v) is 13.6. The maximum absolute atomic E-state index is 11.8. The number of hydrogen-bond acceptors (Lipinski definition) is 4. The highest BCUT2D eigenvalue weighted by atomic mass is 35.5. The monoisotopic (exact) mass is 305 g/mol. The first-order valence-electron chi connectivity index (χ1n) is 6.16. The number of carbonyl (C=O) groups is 1. The minimum Gasteiger partial charge on any atom is -0.353 e. The van der Waals surface area contributed by atoms with Crippen molar-refractivity contribution in [3.63, 3.8) is 0 Å². The highest BCUT2D eigenvalue weighted by Crippen LogP contribution is 2.22. The van der Waals surface area contributed by atoms with Crippen LogP contribution >= 0.6 is 23.7 Å². The number of nitrogens with one attached hydrogen (secondary N) is 1. The average Bonchev–Trinajstić information content (AvgIpc) is 2.81. The van der Waals surface area contributed by atoms with E-state index in [1.807, 2.05) is 39.4 Å². The molecule has 0 spiro atoms. The van der Waals surface area contributed by atoms with E-state index in [0.29, 0.717) is 6.54 Å². The van der Waals surface area contributed by atoms with Gasteiger partial charge in [-0.2, -0.15) is 0 Å². The third-order valence-electron chi connectivity index (χ3n) is 2.99.